The molecule has 0 bridgehead atoms. The van der Waals surface area contributed by atoms with Gasteiger partial charge in [-0.15, -0.1) is 0 Å². The van der Waals surface area contributed by atoms with Gasteiger partial charge in [0.2, 0.25) is 0 Å². The van der Waals surface area contributed by atoms with E-state index in [1.165, 1.54) is 25.9 Å². The predicted octanol–water partition coefficient (Wildman–Crippen LogP) is 1.90. The van der Waals surface area contributed by atoms with Gasteiger partial charge in [-0.1, -0.05) is 6.92 Å². The summed E-state index contributed by atoms with van der Waals surface area (Å²) in [5, 5.41) is 3.57. The van der Waals surface area contributed by atoms with Crippen LogP contribution in [0.15, 0.2) is 12.4 Å². The second-order valence-electron chi connectivity index (χ2n) is 5.72. The number of nitrogens with one attached hydrogen (secondary N) is 1. The molecule has 4 nitrogen and oxygen atoms in total. The molecule has 19 heavy (non-hydrogen) atoms. The first-order chi connectivity index (χ1) is 9.20. The van der Waals surface area contributed by atoms with Gasteiger partial charge in [0, 0.05) is 38.1 Å². The van der Waals surface area contributed by atoms with Crippen LogP contribution in [0, 0.1) is 12.8 Å². The normalized spacial score (nSPS) is 22.6. The largest absolute Gasteiger partial charge is 0.334 e. The lowest BCUT2D eigenvalue weighted by Crippen LogP contribution is -2.45. The molecule has 0 spiro atoms. The van der Waals surface area contributed by atoms with Crippen molar-refractivity contribution in [2.24, 2.45) is 5.92 Å². The number of aryl methyl sites for hydroxylation is 1. The lowest BCUT2D eigenvalue weighted by Gasteiger charge is -2.36. The average molecular weight is 264 g/mol. The topological polar surface area (TPSA) is 33.1 Å². The number of likely N-dealkylation sites (tertiary alicyclic amines) is 1. The van der Waals surface area contributed by atoms with Crippen LogP contribution in [0.3, 0.4) is 0 Å². The highest BCUT2D eigenvalue weighted by Gasteiger charge is 2.23. The van der Waals surface area contributed by atoms with Crippen molar-refractivity contribution >= 4 is 0 Å². The molecule has 108 valence electrons. The molecule has 1 fully saturated rings. The Hall–Kier alpha value is -0.870. The van der Waals surface area contributed by atoms with Gasteiger partial charge in [-0.3, -0.25) is 0 Å². The Morgan fingerprint density at radius 1 is 1.47 bits per heavy atom. The van der Waals surface area contributed by atoms with Crippen LogP contribution in [0.5, 0.6) is 0 Å². The molecule has 2 atom stereocenters. The predicted molar refractivity (Wildman–Crippen MR) is 79.3 cm³/mol. The minimum atomic E-state index is 0.641. The molecule has 2 rings (SSSR count). The Balaban J connectivity index is 1.79. The van der Waals surface area contributed by atoms with Crippen LogP contribution < -0.4 is 5.32 Å². The van der Waals surface area contributed by atoms with Crippen molar-refractivity contribution in [3.63, 3.8) is 0 Å². The molecule has 1 N–H and O–H groups in total. The summed E-state index contributed by atoms with van der Waals surface area (Å²) in [5.74, 6) is 1.92. The fourth-order valence-corrected chi connectivity index (χ4v) is 3.08. The number of imidazole rings is 1. The molecule has 1 aliphatic rings. The van der Waals surface area contributed by atoms with E-state index in [0.29, 0.717) is 6.04 Å². The monoisotopic (exact) mass is 264 g/mol. The van der Waals surface area contributed by atoms with Gasteiger partial charge in [-0.05, 0) is 45.7 Å². The fourth-order valence-electron chi connectivity index (χ4n) is 3.08. The third kappa shape index (κ3) is 4.05. The van der Waals surface area contributed by atoms with Gasteiger partial charge in [0.25, 0.3) is 0 Å². The van der Waals surface area contributed by atoms with Crippen molar-refractivity contribution in [3.8, 4) is 0 Å². The molecule has 2 unspecified atom stereocenters. The van der Waals surface area contributed by atoms with Crippen molar-refractivity contribution in [2.45, 2.75) is 46.2 Å². The average Bonchev–Trinajstić information content (AvgIpc) is 2.82. The number of aromatic nitrogens is 2. The number of rotatable bonds is 6. The quantitative estimate of drug-likeness (QED) is 0.852. The summed E-state index contributed by atoms with van der Waals surface area (Å²) >= 11 is 0. The number of hydrogen-bond acceptors (Lipinski definition) is 3. The second kappa shape index (κ2) is 7.06. The highest BCUT2D eigenvalue weighted by Crippen LogP contribution is 2.19. The van der Waals surface area contributed by atoms with E-state index in [0.717, 1.165) is 31.4 Å². The maximum atomic E-state index is 4.28. The van der Waals surface area contributed by atoms with Gasteiger partial charge < -0.3 is 14.8 Å². The van der Waals surface area contributed by atoms with Crippen molar-refractivity contribution < 1.29 is 0 Å². The SMILES string of the molecule is CCNC(C)C1CCCN(CCn2ccnc2C)C1. The van der Waals surface area contributed by atoms with Crippen molar-refractivity contribution in [1.29, 1.82) is 0 Å². The minimum absolute atomic E-state index is 0.641. The zero-order valence-electron chi connectivity index (χ0n) is 12.6. The maximum absolute atomic E-state index is 4.28. The van der Waals surface area contributed by atoms with E-state index in [1.807, 2.05) is 6.20 Å². The van der Waals surface area contributed by atoms with Crippen LogP contribution in [0.2, 0.25) is 0 Å². The standard InChI is InChI=1S/C15H28N4/c1-4-16-13(2)15-6-5-8-18(12-15)10-11-19-9-7-17-14(19)3/h7,9,13,15-16H,4-6,8,10-12H2,1-3H3. The van der Waals surface area contributed by atoms with Crippen molar-refractivity contribution in [2.75, 3.05) is 26.2 Å². The van der Waals surface area contributed by atoms with Crippen LogP contribution in [-0.2, 0) is 6.54 Å². The van der Waals surface area contributed by atoms with E-state index in [9.17, 15) is 0 Å². The molecule has 4 heteroatoms. The van der Waals surface area contributed by atoms with Crippen LogP contribution >= 0.6 is 0 Å². The lowest BCUT2D eigenvalue weighted by atomic mass is 9.91. The van der Waals surface area contributed by atoms with Crippen LogP contribution in [-0.4, -0.2) is 46.7 Å². The molecule has 1 aromatic rings. The molecule has 0 aliphatic carbocycles. The van der Waals surface area contributed by atoms with E-state index in [4.69, 9.17) is 0 Å². The first kappa shape index (κ1) is 14.5. The molecular formula is C15H28N4. The Labute approximate surface area is 117 Å². The number of piperidine rings is 1. The van der Waals surface area contributed by atoms with E-state index in [1.54, 1.807) is 0 Å². The number of hydrogen-bond donors (Lipinski definition) is 1. The summed E-state index contributed by atoms with van der Waals surface area (Å²) in [6.07, 6.45) is 6.68. The molecule has 0 saturated carbocycles. The zero-order valence-corrected chi connectivity index (χ0v) is 12.6. The van der Waals surface area contributed by atoms with Gasteiger partial charge in [-0.2, -0.15) is 0 Å². The molecule has 1 saturated heterocycles. The summed E-state index contributed by atoms with van der Waals surface area (Å²) in [7, 11) is 0. The summed E-state index contributed by atoms with van der Waals surface area (Å²) in [6, 6.07) is 0.641. The summed E-state index contributed by atoms with van der Waals surface area (Å²) in [6.45, 7) is 12.4. The Morgan fingerprint density at radius 3 is 3.00 bits per heavy atom. The molecule has 1 aromatic heterocycles. The molecule has 2 heterocycles. The van der Waals surface area contributed by atoms with E-state index < -0.39 is 0 Å². The van der Waals surface area contributed by atoms with Gasteiger partial charge >= 0.3 is 0 Å². The van der Waals surface area contributed by atoms with Crippen LogP contribution in [0.25, 0.3) is 0 Å². The minimum Gasteiger partial charge on any atom is -0.334 e. The first-order valence-corrected chi connectivity index (χ1v) is 7.64. The van der Waals surface area contributed by atoms with Gasteiger partial charge in [0.15, 0.2) is 0 Å². The fraction of sp³-hybridized carbons (Fsp3) is 0.800. The van der Waals surface area contributed by atoms with Gasteiger partial charge in [0.1, 0.15) is 5.82 Å². The van der Waals surface area contributed by atoms with Gasteiger partial charge in [0.05, 0.1) is 0 Å². The summed E-state index contributed by atoms with van der Waals surface area (Å²) in [5.41, 5.74) is 0. The van der Waals surface area contributed by atoms with E-state index in [2.05, 4.69) is 46.7 Å². The van der Waals surface area contributed by atoms with Crippen LogP contribution in [0.4, 0.5) is 0 Å². The molecular weight excluding hydrogens is 236 g/mol. The lowest BCUT2D eigenvalue weighted by molar-refractivity contribution is 0.147. The van der Waals surface area contributed by atoms with E-state index in [-0.39, 0.29) is 0 Å². The molecule has 0 aromatic carbocycles. The van der Waals surface area contributed by atoms with Crippen LogP contribution in [0.1, 0.15) is 32.5 Å². The zero-order chi connectivity index (χ0) is 13.7. The first-order valence-electron chi connectivity index (χ1n) is 7.64. The Kier molecular flexibility index (Phi) is 5.40. The highest BCUT2D eigenvalue weighted by molar-refractivity contribution is 4.89. The second-order valence-corrected chi connectivity index (χ2v) is 5.72. The Morgan fingerprint density at radius 2 is 2.32 bits per heavy atom. The molecule has 0 radical (unpaired) electrons. The van der Waals surface area contributed by atoms with Gasteiger partial charge in [-0.25, -0.2) is 4.98 Å². The van der Waals surface area contributed by atoms with Crippen molar-refractivity contribution in [3.05, 3.63) is 18.2 Å². The molecule has 1 aliphatic heterocycles. The number of nitrogens with zero attached hydrogens (tertiary/aromatic N) is 3. The smallest absolute Gasteiger partial charge is 0.105 e. The molecule has 0 amide bonds. The maximum Gasteiger partial charge on any atom is 0.105 e. The third-order valence-corrected chi connectivity index (χ3v) is 4.36. The summed E-state index contributed by atoms with van der Waals surface area (Å²) < 4.78 is 2.25. The van der Waals surface area contributed by atoms with Crippen molar-refractivity contribution in [1.82, 2.24) is 19.8 Å². The Bertz CT molecular complexity index is 374. The van der Waals surface area contributed by atoms with E-state index >= 15 is 0 Å². The highest BCUT2D eigenvalue weighted by atomic mass is 15.2. The summed E-state index contributed by atoms with van der Waals surface area (Å²) in [4.78, 5) is 6.89. The third-order valence-electron chi connectivity index (χ3n) is 4.36.